The molecule has 3 N–H and O–H groups in total. The summed E-state index contributed by atoms with van der Waals surface area (Å²) in [5, 5.41) is 3.12. The maximum Gasteiger partial charge on any atom is 0.220 e. The molecule has 1 rings (SSSR count). The lowest BCUT2D eigenvalue weighted by atomic mass is 9.76. The second-order valence-electron chi connectivity index (χ2n) is 7.70. The van der Waals surface area contributed by atoms with Gasteiger partial charge in [0, 0.05) is 26.7 Å². The van der Waals surface area contributed by atoms with Crippen LogP contribution in [0.3, 0.4) is 0 Å². The van der Waals surface area contributed by atoms with Crippen molar-refractivity contribution in [1.82, 2.24) is 5.32 Å². The number of nitrogens with one attached hydrogen (secondary N) is 1. The molecule has 4 nitrogen and oxygen atoms in total. The van der Waals surface area contributed by atoms with Crippen molar-refractivity contribution in [3.63, 3.8) is 0 Å². The molecule has 21 heavy (non-hydrogen) atoms. The Morgan fingerprint density at radius 1 is 1.33 bits per heavy atom. The molecule has 1 aliphatic rings. The van der Waals surface area contributed by atoms with Crippen LogP contribution in [-0.4, -0.2) is 32.7 Å². The van der Waals surface area contributed by atoms with Crippen LogP contribution < -0.4 is 11.1 Å². The zero-order chi connectivity index (χ0) is 15.9. The Morgan fingerprint density at radius 3 is 2.48 bits per heavy atom. The number of carbonyl (C=O) groups excluding carboxylic acids is 1. The molecule has 4 heteroatoms. The van der Waals surface area contributed by atoms with Crippen LogP contribution in [0.5, 0.6) is 0 Å². The molecular weight excluding hydrogens is 264 g/mol. The summed E-state index contributed by atoms with van der Waals surface area (Å²) in [6.07, 6.45) is 6.03. The van der Waals surface area contributed by atoms with Crippen LogP contribution in [0.25, 0.3) is 0 Å². The van der Waals surface area contributed by atoms with E-state index in [9.17, 15) is 4.79 Å². The molecule has 0 aromatic heterocycles. The maximum absolute atomic E-state index is 12.1. The third kappa shape index (κ3) is 6.79. The number of hydrogen-bond acceptors (Lipinski definition) is 3. The quantitative estimate of drug-likeness (QED) is 0.652. The van der Waals surface area contributed by atoms with E-state index in [1.54, 1.807) is 7.11 Å². The molecule has 1 amide bonds. The summed E-state index contributed by atoms with van der Waals surface area (Å²) in [6.45, 7) is 8.99. The van der Waals surface area contributed by atoms with Crippen LogP contribution in [0.4, 0.5) is 0 Å². The van der Waals surface area contributed by atoms with Gasteiger partial charge in [0.05, 0.1) is 0 Å². The molecule has 0 saturated heterocycles. The average molecular weight is 298 g/mol. The number of carbonyl (C=O) groups is 1. The fourth-order valence-corrected chi connectivity index (χ4v) is 2.90. The lowest BCUT2D eigenvalue weighted by Gasteiger charge is -2.30. The van der Waals surface area contributed by atoms with E-state index in [4.69, 9.17) is 10.5 Å². The molecular formula is C17H34N2O2. The lowest BCUT2D eigenvalue weighted by Crippen LogP contribution is -2.32. The van der Waals surface area contributed by atoms with Crippen molar-refractivity contribution >= 4 is 5.91 Å². The van der Waals surface area contributed by atoms with E-state index in [1.165, 1.54) is 12.8 Å². The van der Waals surface area contributed by atoms with Gasteiger partial charge in [-0.15, -0.1) is 0 Å². The predicted octanol–water partition coefficient (Wildman–Crippen LogP) is 2.71. The summed E-state index contributed by atoms with van der Waals surface area (Å²) < 4.78 is 5.14. The first-order chi connectivity index (χ1) is 9.83. The van der Waals surface area contributed by atoms with Crippen LogP contribution in [0.2, 0.25) is 0 Å². The maximum atomic E-state index is 12.1. The summed E-state index contributed by atoms with van der Waals surface area (Å²) in [5.74, 6) is 0.696. The van der Waals surface area contributed by atoms with Crippen molar-refractivity contribution in [2.45, 2.75) is 59.3 Å². The van der Waals surface area contributed by atoms with Gasteiger partial charge < -0.3 is 15.8 Å². The Morgan fingerprint density at radius 2 is 2.00 bits per heavy atom. The molecule has 1 unspecified atom stereocenters. The highest BCUT2D eigenvalue weighted by Gasteiger charge is 2.42. The molecule has 1 saturated carbocycles. The number of amides is 1. The van der Waals surface area contributed by atoms with Crippen LogP contribution in [0.1, 0.15) is 59.3 Å². The highest BCUT2D eigenvalue weighted by atomic mass is 16.5. The Balaban J connectivity index is 2.27. The average Bonchev–Trinajstić information content (AvgIpc) is 3.18. The van der Waals surface area contributed by atoms with Gasteiger partial charge in [0.1, 0.15) is 0 Å². The number of hydrogen-bond donors (Lipinski definition) is 2. The van der Waals surface area contributed by atoms with Gasteiger partial charge in [0.25, 0.3) is 0 Å². The number of methoxy groups -OCH3 is 1. The Labute approximate surface area is 130 Å². The van der Waals surface area contributed by atoms with E-state index in [-0.39, 0.29) is 11.3 Å². The zero-order valence-corrected chi connectivity index (χ0v) is 14.3. The van der Waals surface area contributed by atoms with E-state index < -0.39 is 0 Å². The molecule has 0 aliphatic heterocycles. The Hall–Kier alpha value is -0.610. The first-order valence-electron chi connectivity index (χ1n) is 8.29. The summed E-state index contributed by atoms with van der Waals surface area (Å²) in [4.78, 5) is 12.1. The predicted molar refractivity (Wildman–Crippen MR) is 87.0 cm³/mol. The van der Waals surface area contributed by atoms with Crippen LogP contribution in [0, 0.1) is 16.7 Å². The van der Waals surface area contributed by atoms with Crippen LogP contribution >= 0.6 is 0 Å². The van der Waals surface area contributed by atoms with E-state index in [0.717, 1.165) is 32.4 Å². The third-order valence-corrected chi connectivity index (χ3v) is 4.91. The Bertz CT molecular complexity index is 319. The minimum Gasteiger partial charge on any atom is -0.385 e. The van der Waals surface area contributed by atoms with Crippen molar-refractivity contribution in [2.24, 2.45) is 22.5 Å². The molecule has 1 aliphatic carbocycles. The Kier molecular flexibility index (Phi) is 7.14. The van der Waals surface area contributed by atoms with E-state index in [2.05, 4.69) is 26.1 Å². The summed E-state index contributed by atoms with van der Waals surface area (Å²) >= 11 is 0. The van der Waals surface area contributed by atoms with Gasteiger partial charge in [-0.05, 0) is 55.4 Å². The summed E-state index contributed by atoms with van der Waals surface area (Å²) in [7, 11) is 1.73. The van der Waals surface area contributed by atoms with Crippen molar-refractivity contribution in [2.75, 3.05) is 26.8 Å². The van der Waals surface area contributed by atoms with Gasteiger partial charge in [0.2, 0.25) is 5.91 Å². The van der Waals surface area contributed by atoms with Gasteiger partial charge >= 0.3 is 0 Å². The number of rotatable bonds is 10. The summed E-state index contributed by atoms with van der Waals surface area (Å²) in [6, 6.07) is 0. The van der Waals surface area contributed by atoms with E-state index in [1.807, 2.05) is 0 Å². The standard InChI is InChI=1S/C17H34N2O2/c1-16(2,3)14(7-11-18)5-6-15(20)19-13-17(8-9-17)10-12-21-4/h14H,5-13,18H2,1-4H3,(H,19,20). The second kappa shape index (κ2) is 8.14. The number of nitrogens with two attached hydrogens (primary N) is 1. The first-order valence-corrected chi connectivity index (χ1v) is 8.29. The number of ether oxygens (including phenoxy) is 1. The van der Waals surface area contributed by atoms with E-state index in [0.29, 0.717) is 24.3 Å². The molecule has 0 aromatic rings. The van der Waals surface area contributed by atoms with Crippen molar-refractivity contribution in [3.8, 4) is 0 Å². The molecule has 0 radical (unpaired) electrons. The summed E-state index contributed by atoms with van der Waals surface area (Å²) in [5.41, 5.74) is 6.23. The van der Waals surface area contributed by atoms with Crippen molar-refractivity contribution in [3.05, 3.63) is 0 Å². The fraction of sp³-hybridized carbons (Fsp3) is 0.941. The molecule has 124 valence electrons. The van der Waals surface area contributed by atoms with Gasteiger partial charge in [-0.2, -0.15) is 0 Å². The van der Waals surface area contributed by atoms with E-state index >= 15 is 0 Å². The zero-order valence-electron chi connectivity index (χ0n) is 14.3. The normalized spacial score (nSPS) is 18.3. The smallest absolute Gasteiger partial charge is 0.220 e. The molecule has 1 fully saturated rings. The van der Waals surface area contributed by atoms with Crippen molar-refractivity contribution in [1.29, 1.82) is 0 Å². The first kappa shape index (κ1) is 18.4. The van der Waals surface area contributed by atoms with Crippen LogP contribution in [0.15, 0.2) is 0 Å². The topological polar surface area (TPSA) is 64.3 Å². The third-order valence-electron chi connectivity index (χ3n) is 4.91. The van der Waals surface area contributed by atoms with Crippen molar-refractivity contribution < 1.29 is 9.53 Å². The van der Waals surface area contributed by atoms with Crippen LogP contribution in [-0.2, 0) is 9.53 Å². The molecule has 0 heterocycles. The minimum absolute atomic E-state index is 0.185. The molecule has 1 atom stereocenters. The SMILES string of the molecule is COCCC1(CNC(=O)CCC(CCN)C(C)(C)C)CC1. The molecule has 0 spiro atoms. The van der Waals surface area contributed by atoms with Gasteiger partial charge in [0.15, 0.2) is 0 Å². The van der Waals surface area contributed by atoms with Gasteiger partial charge in [-0.3, -0.25) is 4.79 Å². The van der Waals surface area contributed by atoms with Gasteiger partial charge in [-0.25, -0.2) is 0 Å². The highest BCUT2D eigenvalue weighted by molar-refractivity contribution is 5.75. The molecule has 0 aromatic carbocycles. The largest absolute Gasteiger partial charge is 0.385 e. The minimum atomic E-state index is 0.185. The monoisotopic (exact) mass is 298 g/mol. The second-order valence-corrected chi connectivity index (χ2v) is 7.70. The fourth-order valence-electron chi connectivity index (χ4n) is 2.90. The van der Waals surface area contributed by atoms with Gasteiger partial charge in [-0.1, -0.05) is 20.8 Å². The lowest BCUT2D eigenvalue weighted by molar-refractivity contribution is -0.121. The highest BCUT2D eigenvalue weighted by Crippen LogP contribution is 2.48. The molecule has 0 bridgehead atoms.